The summed E-state index contributed by atoms with van der Waals surface area (Å²) in [5.41, 5.74) is 5.75. The molecule has 0 amide bonds. The van der Waals surface area contributed by atoms with Gasteiger partial charge in [0.2, 0.25) is 5.69 Å². The molecule has 0 N–H and O–H groups in total. The molecule has 1 aromatic carbocycles. The summed E-state index contributed by atoms with van der Waals surface area (Å²) in [5, 5.41) is 2.07. The quantitative estimate of drug-likeness (QED) is 0.488. The normalized spacial score (nSPS) is 14.0. The van der Waals surface area contributed by atoms with Gasteiger partial charge in [-0.05, 0) is 38.4 Å². The maximum atomic E-state index is 7.61. The van der Waals surface area contributed by atoms with Crippen molar-refractivity contribution in [3.8, 4) is 11.3 Å². The summed E-state index contributed by atoms with van der Waals surface area (Å²) in [6.45, 7) is 1.87. The zero-order valence-electron chi connectivity index (χ0n) is 16.3. The monoisotopic (exact) mass is 306 g/mol. The number of benzene rings is 1. The zero-order chi connectivity index (χ0) is 18.6. The second kappa shape index (κ2) is 4.92. The summed E-state index contributed by atoms with van der Waals surface area (Å²) >= 11 is 0. The van der Waals surface area contributed by atoms with E-state index < -0.39 is 6.85 Å². The van der Waals surface area contributed by atoms with Gasteiger partial charge >= 0.3 is 0 Å². The molecule has 0 atom stereocenters. The van der Waals surface area contributed by atoms with E-state index >= 15 is 0 Å². The molecule has 0 saturated heterocycles. The predicted octanol–water partition coefficient (Wildman–Crippen LogP) is 4.40. The fourth-order valence-electron chi connectivity index (χ4n) is 3.13. The smallest absolute Gasteiger partial charge is 0.216 e. The Kier molecular flexibility index (Phi) is 2.34. The highest BCUT2D eigenvalue weighted by molar-refractivity contribution is 6.09. The Balaban J connectivity index is 2.02. The first-order valence-electron chi connectivity index (χ1n) is 9.05. The highest BCUT2D eigenvalue weighted by atomic mass is 16.3. The number of aryl methyl sites for hydroxylation is 4. The molecule has 0 unspecified atom stereocenters. The molecule has 0 radical (unpaired) electrons. The van der Waals surface area contributed by atoms with Crippen LogP contribution in [0.4, 0.5) is 0 Å². The molecule has 3 heterocycles. The van der Waals surface area contributed by atoms with E-state index in [0.29, 0.717) is 5.56 Å². The Morgan fingerprint density at radius 2 is 2.00 bits per heavy atom. The number of rotatable bonds is 1. The van der Waals surface area contributed by atoms with Crippen molar-refractivity contribution < 1.29 is 13.1 Å². The van der Waals surface area contributed by atoms with E-state index in [1.807, 2.05) is 37.6 Å². The first-order chi connectivity index (χ1) is 12.3. The Morgan fingerprint density at radius 1 is 1.13 bits per heavy atom. The number of hydrogen-bond acceptors (Lipinski definition) is 2. The molecule has 0 bridgehead atoms. The van der Waals surface area contributed by atoms with Gasteiger partial charge in [-0.15, -0.1) is 0 Å². The van der Waals surface area contributed by atoms with Gasteiger partial charge in [-0.3, -0.25) is 4.98 Å². The molecule has 114 valence electrons. The summed E-state index contributed by atoms with van der Waals surface area (Å²) in [4.78, 5) is 4.32. The maximum absolute atomic E-state index is 7.61. The molecule has 0 aliphatic heterocycles. The van der Waals surface area contributed by atoms with E-state index in [0.717, 1.165) is 44.5 Å². The number of aromatic nitrogens is 2. The van der Waals surface area contributed by atoms with E-state index in [9.17, 15) is 0 Å². The third-order valence-electron chi connectivity index (χ3n) is 4.26. The standard InChI is InChI=1S/C20H19N2O/c1-12-5-8-17(22(4)11-12)19-13(2)6-7-15-16-9-14(3)21-10-18(16)23-20(15)19/h5-11H,1-4H3/q+1/i1D3. The summed E-state index contributed by atoms with van der Waals surface area (Å²) in [6.07, 6.45) is 3.41. The first-order valence-corrected chi connectivity index (χ1v) is 7.55. The van der Waals surface area contributed by atoms with E-state index in [1.165, 1.54) is 0 Å². The lowest BCUT2D eigenvalue weighted by Crippen LogP contribution is -2.31. The van der Waals surface area contributed by atoms with Crippen LogP contribution < -0.4 is 4.57 Å². The van der Waals surface area contributed by atoms with E-state index in [-0.39, 0.29) is 0 Å². The van der Waals surface area contributed by atoms with Crippen LogP contribution in [0.25, 0.3) is 33.2 Å². The van der Waals surface area contributed by atoms with Crippen molar-refractivity contribution in [2.24, 2.45) is 7.05 Å². The van der Waals surface area contributed by atoms with Crippen LogP contribution in [0.1, 0.15) is 20.9 Å². The van der Waals surface area contributed by atoms with Gasteiger partial charge in [0, 0.05) is 32.2 Å². The molecule has 3 heteroatoms. The Labute approximate surface area is 139 Å². The molecule has 4 rings (SSSR count). The van der Waals surface area contributed by atoms with Crippen molar-refractivity contribution in [1.29, 1.82) is 0 Å². The summed E-state index contributed by atoms with van der Waals surface area (Å²) in [5.74, 6) is 0. The Hall–Kier alpha value is -2.68. The van der Waals surface area contributed by atoms with E-state index in [4.69, 9.17) is 8.53 Å². The number of fused-ring (bicyclic) bond motifs is 3. The molecular formula is C20H19N2O+. The summed E-state index contributed by atoms with van der Waals surface area (Å²) in [6, 6.07) is 9.67. The average molecular weight is 306 g/mol. The van der Waals surface area contributed by atoms with Gasteiger partial charge in [0.05, 0.1) is 11.8 Å². The van der Waals surface area contributed by atoms with Crippen molar-refractivity contribution >= 4 is 21.9 Å². The molecule has 0 aliphatic rings. The van der Waals surface area contributed by atoms with Crippen LogP contribution in [0.5, 0.6) is 0 Å². The van der Waals surface area contributed by atoms with Gasteiger partial charge in [0.25, 0.3) is 0 Å². The van der Waals surface area contributed by atoms with Crippen LogP contribution in [-0.4, -0.2) is 4.98 Å². The van der Waals surface area contributed by atoms with Crippen molar-refractivity contribution in [2.45, 2.75) is 20.7 Å². The van der Waals surface area contributed by atoms with Gasteiger partial charge in [-0.2, -0.15) is 0 Å². The predicted molar refractivity (Wildman–Crippen MR) is 92.3 cm³/mol. The number of nitrogens with zero attached hydrogens (tertiary/aromatic N) is 2. The minimum atomic E-state index is -2.13. The summed E-state index contributed by atoms with van der Waals surface area (Å²) < 4.78 is 30.8. The van der Waals surface area contributed by atoms with Gasteiger partial charge in [-0.1, -0.05) is 12.1 Å². The van der Waals surface area contributed by atoms with Crippen molar-refractivity contribution in [2.75, 3.05) is 0 Å². The maximum Gasteiger partial charge on any atom is 0.216 e. The zero-order valence-corrected chi connectivity index (χ0v) is 13.3. The third kappa shape index (κ3) is 2.12. The lowest BCUT2D eigenvalue weighted by atomic mass is 10.0. The van der Waals surface area contributed by atoms with Gasteiger partial charge in [0.1, 0.15) is 12.6 Å². The molecule has 23 heavy (non-hydrogen) atoms. The number of hydrogen-bond donors (Lipinski definition) is 0. The van der Waals surface area contributed by atoms with Crippen LogP contribution >= 0.6 is 0 Å². The lowest BCUT2D eigenvalue weighted by molar-refractivity contribution is -0.660. The molecule has 4 aromatic rings. The molecule has 0 saturated carbocycles. The fourth-order valence-corrected chi connectivity index (χ4v) is 3.13. The van der Waals surface area contributed by atoms with Gasteiger partial charge in [-0.25, -0.2) is 4.57 Å². The molecule has 0 aliphatic carbocycles. The van der Waals surface area contributed by atoms with Crippen LogP contribution in [0.2, 0.25) is 0 Å². The molecule has 0 spiro atoms. The van der Waals surface area contributed by atoms with Crippen LogP contribution in [0.3, 0.4) is 0 Å². The highest BCUT2D eigenvalue weighted by Crippen LogP contribution is 2.36. The fraction of sp³-hybridized carbons (Fsp3) is 0.200. The van der Waals surface area contributed by atoms with Gasteiger partial charge in [0.15, 0.2) is 11.8 Å². The second-order valence-electron chi connectivity index (χ2n) is 5.97. The van der Waals surface area contributed by atoms with Crippen LogP contribution in [0, 0.1) is 20.7 Å². The van der Waals surface area contributed by atoms with Crippen LogP contribution in [-0.2, 0) is 7.05 Å². The van der Waals surface area contributed by atoms with E-state index in [2.05, 4.69) is 17.1 Å². The highest BCUT2D eigenvalue weighted by Gasteiger charge is 2.20. The summed E-state index contributed by atoms with van der Waals surface area (Å²) in [7, 11) is 1.86. The topological polar surface area (TPSA) is 29.9 Å². The van der Waals surface area contributed by atoms with E-state index in [1.54, 1.807) is 18.5 Å². The van der Waals surface area contributed by atoms with Crippen LogP contribution in [0.15, 0.2) is 47.1 Å². The minimum absolute atomic E-state index is 0.318. The SMILES string of the molecule is [2H]C([2H])([2H])c1ccc(-c2c(C)ccc3c2oc2cnc(C)cc23)[n+](C)c1. The number of pyridine rings is 2. The first kappa shape index (κ1) is 10.9. The number of furan rings is 1. The Morgan fingerprint density at radius 3 is 2.78 bits per heavy atom. The minimum Gasteiger partial charge on any atom is -0.454 e. The second-order valence-corrected chi connectivity index (χ2v) is 5.97. The molecule has 3 nitrogen and oxygen atoms in total. The van der Waals surface area contributed by atoms with Crippen molar-refractivity contribution in [3.05, 3.63) is 59.5 Å². The molecule has 3 aromatic heterocycles. The average Bonchev–Trinajstić information content (AvgIpc) is 2.92. The lowest BCUT2D eigenvalue weighted by Gasteiger charge is -2.05. The largest absolute Gasteiger partial charge is 0.454 e. The van der Waals surface area contributed by atoms with Crippen molar-refractivity contribution in [3.63, 3.8) is 0 Å². The molecular weight excluding hydrogens is 284 g/mol. The van der Waals surface area contributed by atoms with Crippen molar-refractivity contribution in [1.82, 2.24) is 4.98 Å². The third-order valence-corrected chi connectivity index (χ3v) is 4.26. The van der Waals surface area contributed by atoms with Gasteiger partial charge < -0.3 is 4.42 Å². The Bertz CT molecular complexity index is 1160. The molecule has 0 fully saturated rings.